The second kappa shape index (κ2) is 6.62. The maximum Gasteiger partial charge on any atom is 0.0320 e. The Morgan fingerprint density at radius 1 is 1.07 bits per heavy atom. The lowest BCUT2D eigenvalue weighted by Gasteiger charge is -2.18. The largest absolute Gasteiger partial charge is 0.310 e. The summed E-state index contributed by atoms with van der Waals surface area (Å²) in [6, 6.07) is 9.43. The monoisotopic (exact) mass is 205 g/mol. The number of aryl methyl sites for hydroxylation is 1. The van der Waals surface area contributed by atoms with Crippen LogP contribution < -0.4 is 5.32 Å². The molecule has 0 bridgehead atoms. The molecular weight excluding hydrogens is 182 g/mol. The molecule has 1 heteroatoms. The Hall–Kier alpha value is -0.820. The van der Waals surface area contributed by atoms with Gasteiger partial charge in [0.05, 0.1) is 0 Å². The second-order valence-corrected chi connectivity index (χ2v) is 4.21. The van der Waals surface area contributed by atoms with Crippen molar-refractivity contribution in [2.45, 2.75) is 46.1 Å². The molecule has 1 nitrogen and oxygen atoms in total. The number of rotatable bonds is 6. The first-order valence-corrected chi connectivity index (χ1v) is 6.07. The van der Waals surface area contributed by atoms with Crippen molar-refractivity contribution in [3.05, 3.63) is 35.4 Å². The van der Waals surface area contributed by atoms with Crippen molar-refractivity contribution in [3.8, 4) is 0 Å². The van der Waals surface area contributed by atoms with Crippen LogP contribution in [0.4, 0.5) is 0 Å². The summed E-state index contributed by atoms with van der Waals surface area (Å²) < 4.78 is 0. The summed E-state index contributed by atoms with van der Waals surface area (Å²) >= 11 is 0. The van der Waals surface area contributed by atoms with Gasteiger partial charge in [0.25, 0.3) is 0 Å². The summed E-state index contributed by atoms with van der Waals surface area (Å²) in [6.45, 7) is 7.70. The Labute approximate surface area is 93.9 Å². The van der Waals surface area contributed by atoms with Crippen molar-refractivity contribution in [2.75, 3.05) is 6.54 Å². The van der Waals surface area contributed by atoms with Gasteiger partial charge in [-0.15, -0.1) is 0 Å². The van der Waals surface area contributed by atoms with Gasteiger partial charge in [0.15, 0.2) is 0 Å². The van der Waals surface area contributed by atoms with Crippen LogP contribution in [0.1, 0.15) is 50.3 Å². The fourth-order valence-electron chi connectivity index (χ4n) is 1.79. The standard InChI is InChI=1S/C14H23N/c1-4-6-14(15-11-5-2)13-9-7-12(3)8-10-13/h7-10,14-15H,4-6,11H2,1-3H3. The molecule has 84 valence electrons. The summed E-state index contributed by atoms with van der Waals surface area (Å²) in [7, 11) is 0. The van der Waals surface area contributed by atoms with E-state index in [9.17, 15) is 0 Å². The molecule has 1 rings (SSSR count). The van der Waals surface area contributed by atoms with E-state index >= 15 is 0 Å². The van der Waals surface area contributed by atoms with Gasteiger partial charge in [-0.2, -0.15) is 0 Å². The van der Waals surface area contributed by atoms with Gasteiger partial charge in [-0.05, 0) is 31.9 Å². The molecule has 1 aromatic carbocycles. The fourth-order valence-corrected chi connectivity index (χ4v) is 1.79. The van der Waals surface area contributed by atoms with Crippen LogP contribution in [-0.4, -0.2) is 6.54 Å². The van der Waals surface area contributed by atoms with Gasteiger partial charge in [-0.1, -0.05) is 50.1 Å². The summed E-state index contributed by atoms with van der Waals surface area (Å²) in [5.74, 6) is 0. The molecular formula is C14H23N. The molecule has 0 aliphatic carbocycles. The molecule has 0 aliphatic rings. The molecule has 0 radical (unpaired) electrons. The summed E-state index contributed by atoms with van der Waals surface area (Å²) in [6.07, 6.45) is 3.66. The van der Waals surface area contributed by atoms with Gasteiger partial charge >= 0.3 is 0 Å². The SMILES string of the molecule is CCCNC(CCC)c1ccc(C)cc1. The number of benzene rings is 1. The highest BCUT2D eigenvalue weighted by atomic mass is 14.9. The van der Waals surface area contributed by atoms with E-state index in [4.69, 9.17) is 0 Å². The molecule has 0 spiro atoms. The van der Waals surface area contributed by atoms with E-state index in [-0.39, 0.29) is 0 Å². The predicted molar refractivity (Wildman–Crippen MR) is 67.1 cm³/mol. The van der Waals surface area contributed by atoms with Crippen LogP contribution in [0.3, 0.4) is 0 Å². The molecule has 0 heterocycles. The molecule has 15 heavy (non-hydrogen) atoms. The average molecular weight is 205 g/mol. The number of hydrogen-bond acceptors (Lipinski definition) is 1. The lowest BCUT2D eigenvalue weighted by molar-refractivity contribution is 0.494. The van der Waals surface area contributed by atoms with E-state index in [0.29, 0.717) is 6.04 Å². The van der Waals surface area contributed by atoms with Crippen molar-refractivity contribution in [3.63, 3.8) is 0 Å². The minimum absolute atomic E-state index is 0.538. The highest BCUT2D eigenvalue weighted by molar-refractivity contribution is 5.24. The van der Waals surface area contributed by atoms with E-state index in [1.165, 1.54) is 30.4 Å². The molecule has 1 N–H and O–H groups in total. The minimum Gasteiger partial charge on any atom is -0.310 e. The maximum atomic E-state index is 3.61. The van der Waals surface area contributed by atoms with Gasteiger partial charge in [0.2, 0.25) is 0 Å². The van der Waals surface area contributed by atoms with Gasteiger partial charge in [0.1, 0.15) is 0 Å². The first kappa shape index (κ1) is 12.3. The molecule has 0 aliphatic heterocycles. The molecule has 1 aromatic rings. The lowest BCUT2D eigenvalue weighted by atomic mass is 10.0. The number of hydrogen-bond donors (Lipinski definition) is 1. The van der Waals surface area contributed by atoms with Gasteiger partial charge in [-0.25, -0.2) is 0 Å². The Morgan fingerprint density at radius 2 is 1.73 bits per heavy atom. The Balaban J connectivity index is 2.65. The van der Waals surface area contributed by atoms with Crippen molar-refractivity contribution in [2.24, 2.45) is 0 Å². The Morgan fingerprint density at radius 3 is 2.27 bits per heavy atom. The molecule has 0 fully saturated rings. The van der Waals surface area contributed by atoms with E-state index in [1.54, 1.807) is 0 Å². The predicted octanol–water partition coefficient (Wildman–Crippen LogP) is 3.84. The van der Waals surface area contributed by atoms with E-state index in [2.05, 4.69) is 50.4 Å². The summed E-state index contributed by atoms with van der Waals surface area (Å²) in [4.78, 5) is 0. The van der Waals surface area contributed by atoms with Crippen molar-refractivity contribution >= 4 is 0 Å². The van der Waals surface area contributed by atoms with Gasteiger partial charge in [-0.3, -0.25) is 0 Å². The quantitative estimate of drug-likeness (QED) is 0.744. The van der Waals surface area contributed by atoms with Crippen LogP contribution in [0, 0.1) is 6.92 Å². The van der Waals surface area contributed by atoms with E-state index in [1.807, 2.05) is 0 Å². The molecule has 0 amide bonds. The van der Waals surface area contributed by atoms with E-state index < -0.39 is 0 Å². The molecule has 1 atom stereocenters. The van der Waals surface area contributed by atoms with Crippen LogP contribution >= 0.6 is 0 Å². The fraction of sp³-hybridized carbons (Fsp3) is 0.571. The third-order valence-corrected chi connectivity index (χ3v) is 2.70. The average Bonchev–Trinajstić information content (AvgIpc) is 2.25. The van der Waals surface area contributed by atoms with Crippen molar-refractivity contribution in [1.82, 2.24) is 5.32 Å². The van der Waals surface area contributed by atoms with Crippen LogP contribution in [0.15, 0.2) is 24.3 Å². The highest BCUT2D eigenvalue weighted by Crippen LogP contribution is 2.18. The molecule has 0 saturated carbocycles. The van der Waals surface area contributed by atoms with Crippen LogP contribution in [-0.2, 0) is 0 Å². The van der Waals surface area contributed by atoms with Crippen molar-refractivity contribution < 1.29 is 0 Å². The van der Waals surface area contributed by atoms with Crippen LogP contribution in [0.25, 0.3) is 0 Å². The lowest BCUT2D eigenvalue weighted by Crippen LogP contribution is -2.21. The summed E-state index contributed by atoms with van der Waals surface area (Å²) in [5, 5.41) is 3.61. The van der Waals surface area contributed by atoms with Crippen LogP contribution in [0.5, 0.6) is 0 Å². The first-order valence-electron chi connectivity index (χ1n) is 6.07. The maximum absolute atomic E-state index is 3.61. The normalized spacial score (nSPS) is 12.7. The number of nitrogens with one attached hydrogen (secondary N) is 1. The zero-order valence-corrected chi connectivity index (χ0v) is 10.2. The Bertz CT molecular complexity index is 263. The van der Waals surface area contributed by atoms with Crippen LogP contribution in [0.2, 0.25) is 0 Å². The molecule has 0 saturated heterocycles. The Kier molecular flexibility index (Phi) is 5.41. The second-order valence-electron chi connectivity index (χ2n) is 4.21. The minimum atomic E-state index is 0.538. The van der Waals surface area contributed by atoms with Gasteiger partial charge in [0, 0.05) is 6.04 Å². The zero-order valence-electron chi connectivity index (χ0n) is 10.2. The highest BCUT2D eigenvalue weighted by Gasteiger charge is 2.08. The van der Waals surface area contributed by atoms with E-state index in [0.717, 1.165) is 6.54 Å². The van der Waals surface area contributed by atoms with Gasteiger partial charge < -0.3 is 5.32 Å². The third kappa shape index (κ3) is 4.05. The topological polar surface area (TPSA) is 12.0 Å². The molecule has 0 aromatic heterocycles. The first-order chi connectivity index (χ1) is 7.27. The summed E-state index contributed by atoms with van der Waals surface area (Å²) in [5.41, 5.74) is 2.76. The molecule has 1 unspecified atom stereocenters. The third-order valence-electron chi connectivity index (χ3n) is 2.70. The zero-order chi connectivity index (χ0) is 11.1. The van der Waals surface area contributed by atoms with Crippen molar-refractivity contribution in [1.29, 1.82) is 0 Å². The smallest absolute Gasteiger partial charge is 0.0320 e.